The molecule has 0 aliphatic carbocycles. The standard InChI is InChI=1S/C17H13Cl2F3N2O/c18-10-1-3-12(19)14(9-10)23-5-7-24(8-6-23)17(25)11-2-4-13(20)16(22)15(11)21/h1-4,9H,5-8H2. The van der Waals surface area contributed by atoms with E-state index in [1.807, 2.05) is 4.90 Å². The quantitative estimate of drug-likeness (QED) is 0.713. The average Bonchev–Trinajstić information content (AvgIpc) is 2.61. The molecule has 0 aromatic heterocycles. The van der Waals surface area contributed by atoms with Gasteiger partial charge in [0.15, 0.2) is 17.5 Å². The van der Waals surface area contributed by atoms with Gasteiger partial charge in [-0.15, -0.1) is 0 Å². The van der Waals surface area contributed by atoms with E-state index < -0.39 is 28.9 Å². The molecule has 0 radical (unpaired) electrons. The van der Waals surface area contributed by atoms with E-state index in [-0.39, 0.29) is 0 Å². The second-order valence-corrected chi connectivity index (χ2v) is 6.44. The van der Waals surface area contributed by atoms with Crippen LogP contribution in [0, 0.1) is 17.5 Å². The molecule has 0 saturated carbocycles. The fourth-order valence-electron chi connectivity index (χ4n) is 2.74. The summed E-state index contributed by atoms with van der Waals surface area (Å²) in [6.45, 7) is 1.49. The second kappa shape index (κ2) is 7.14. The minimum absolute atomic E-state index is 0.292. The Kier molecular flexibility index (Phi) is 5.11. The zero-order valence-electron chi connectivity index (χ0n) is 12.9. The molecule has 1 saturated heterocycles. The van der Waals surface area contributed by atoms with Crippen LogP contribution in [0.2, 0.25) is 10.0 Å². The lowest BCUT2D eigenvalue weighted by atomic mass is 10.1. The molecule has 3 nitrogen and oxygen atoms in total. The lowest BCUT2D eigenvalue weighted by Gasteiger charge is -2.36. The Morgan fingerprint density at radius 2 is 1.60 bits per heavy atom. The molecule has 1 amide bonds. The lowest BCUT2D eigenvalue weighted by molar-refractivity contribution is 0.0740. The van der Waals surface area contributed by atoms with Gasteiger partial charge >= 0.3 is 0 Å². The Morgan fingerprint density at radius 1 is 0.920 bits per heavy atom. The van der Waals surface area contributed by atoms with Gasteiger partial charge in [-0.3, -0.25) is 4.79 Å². The minimum atomic E-state index is -1.64. The third-order valence-electron chi connectivity index (χ3n) is 4.08. The predicted molar refractivity (Wildman–Crippen MR) is 90.9 cm³/mol. The van der Waals surface area contributed by atoms with E-state index in [4.69, 9.17) is 23.2 Å². The number of piperazine rings is 1. The average molecular weight is 389 g/mol. The highest BCUT2D eigenvalue weighted by Crippen LogP contribution is 2.30. The Labute approximate surface area is 152 Å². The van der Waals surface area contributed by atoms with E-state index >= 15 is 0 Å². The molecule has 2 aromatic rings. The summed E-state index contributed by atoms with van der Waals surface area (Å²) >= 11 is 12.2. The molecule has 132 valence electrons. The molecule has 1 aliphatic rings. The van der Waals surface area contributed by atoms with Crippen molar-refractivity contribution in [1.82, 2.24) is 4.90 Å². The molecule has 2 aromatic carbocycles. The number of amides is 1. The fraction of sp³-hybridized carbons (Fsp3) is 0.235. The van der Waals surface area contributed by atoms with E-state index in [1.54, 1.807) is 18.2 Å². The Bertz CT molecular complexity index is 824. The first-order chi connectivity index (χ1) is 11.9. The van der Waals surface area contributed by atoms with Gasteiger partial charge in [0, 0.05) is 31.2 Å². The first-order valence-electron chi connectivity index (χ1n) is 7.51. The van der Waals surface area contributed by atoms with Crippen LogP contribution in [0.4, 0.5) is 18.9 Å². The van der Waals surface area contributed by atoms with Crippen LogP contribution in [-0.2, 0) is 0 Å². The number of nitrogens with zero attached hydrogens (tertiary/aromatic N) is 2. The van der Waals surface area contributed by atoms with Crippen molar-refractivity contribution in [3.63, 3.8) is 0 Å². The van der Waals surface area contributed by atoms with Gasteiger partial charge in [0.05, 0.1) is 16.3 Å². The molecule has 0 N–H and O–H groups in total. The molecule has 1 heterocycles. The number of halogens is 5. The topological polar surface area (TPSA) is 23.6 Å². The van der Waals surface area contributed by atoms with Gasteiger partial charge in [-0.1, -0.05) is 23.2 Å². The van der Waals surface area contributed by atoms with Gasteiger partial charge in [0.1, 0.15) is 0 Å². The molecule has 0 atom stereocenters. The lowest BCUT2D eigenvalue weighted by Crippen LogP contribution is -2.49. The van der Waals surface area contributed by atoms with Crippen LogP contribution in [0.3, 0.4) is 0 Å². The maximum Gasteiger partial charge on any atom is 0.257 e. The van der Waals surface area contributed by atoms with Crippen molar-refractivity contribution in [3.05, 3.63) is 63.4 Å². The number of hydrogen-bond acceptors (Lipinski definition) is 2. The predicted octanol–water partition coefficient (Wildman–Crippen LogP) is 4.37. The van der Waals surface area contributed by atoms with Crippen molar-refractivity contribution >= 4 is 34.8 Å². The summed E-state index contributed by atoms with van der Waals surface area (Å²) in [5, 5.41) is 1.08. The molecule has 0 spiro atoms. The minimum Gasteiger partial charge on any atom is -0.367 e. The molecule has 1 aliphatic heterocycles. The number of rotatable bonds is 2. The summed E-state index contributed by atoms with van der Waals surface area (Å²) in [6.07, 6.45) is 0. The molecule has 0 bridgehead atoms. The van der Waals surface area contributed by atoms with Gasteiger partial charge in [-0.05, 0) is 30.3 Å². The molecule has 3 rings (SSSR count). The summed E-state index contributed by atoms with van der Waals surface area (Å²) in [7, 11) is 0. The summed E-state index contributed by atoms with van der Waals surface area (Å²) < 4.78 is 40.1. The van der Waals surface area contributed by atoms with Crippen LogP contribution in [-0.4, -0.2) is 37.0 Å². The van der Waals surface area contributed by atoms with Crippen molar-refractivity contribution in [2.75, 3.05) is 31.1 Å². The molecule has 25 heavy (non-hydrogen) atoms. The van der Waals surface area contributed by atoms with Crippen LogP contribution in [0.25, 0.3) is 0 Å². The van der Waals surface area contributed by atoms with Crippen LogP contribution < -0.4 is 4.90 Å². The largest absolute Gasteiger partial charge is 0.367 e. The van der Waals surface area contributed by atoms with Crippen LogP contribution in [0.1, 0.15) is 10.4 Å². The summed E-state index contributed by atoms with van der Waals surface area (Å²) in [4.78, 5) is 15.7. The van der Waals surface area contributed by atoms with E-state index in [2.05, 4.69) is 0 Å². The zero-order chi connectivity index (χ0) is 18.1. The van der Waals surface area contributed by atoms with Gasteiger partial charge < -0.3 is 9.80 Å². The van der Waals surface area contributed by atoms with E-state index in [9.17, 15) is 18.0 Å². The Balaban J connectivity index is 1.73. The summed E-state index contributed by atoms with van der Waals surface area (Å²) in [6, 6.07) is 6.80. The van der Waals surface area contributed by atoms with E-state index in [1.165, 1.54) is 4.90 Å². The number of carbonyl (C=O) groups is 1. The maximum absolute atomic E-state index is 13.8. The molecule has 1 fully saturated rings. The van der Waals surface area contributed by atoms with Crippen LogP contribution >= 0.6 is 23.2 Å². The first-order valence-corrected chi connectivity index (χ1v) is 8.27. The highest BCUT2D eigenvalue weighted by Gasteiger charge is 2.27. The van der Waals surface area contributed by atoms with Gasteiger partial charge in [0.25, 0.3) is 5.91 Å². The van der Waals surface area contributed by atoms with Crippen LogP contribution in [0.5, 0.6) is 0 Å². The number of hydrogen-bond donors (Lipinski definition) is 0. The van der Waals surface area contributed by atoms with Crippen molar-refractivity contribution < 1.29 is 18.0 Å². The van der Waals surface area contributed by atoms with Crippen molar-refractivity contribution in [3.8, 4) is 0 Å². The third-order valence-corrected chi connectivity index (χ3v) is 4.64. The fourth-order valence-corrected chi connectivity index (χ4v) is 3.14. The second-order valence-electron chi connectivity index (χ2n) is 5.60. The van der Waals surface area contributed by atoms with E-state index in [0.717, 1.165) is 17.8 Å². The number of carbonyl (C=O) groups excluding carboxylic acids is 1. The molecular formula is C17H13Cl2F3N2O. The van der Waals surface area contributed by atoms with Crippen molar-refractivity contribution in [2.45, 2.75) is 0 Å². The van der Waals surface area contributed by atoms with Gasteiger partial charge in [-0.25, -0.2) is 13.2 Å². The number of anilines is 1. The van der Waals surface area contributed by atoms with E-state index in [0.29, 0.717) is 36.2 Å². The first kappa shape index (κ1) is 17.9. The normalized spacial score (nSPS) is 14.8. The smallest absolute Gasteiger partial charge is 0.257 e. The highest BCUT2D eigenvalue weighted by molar-refractivity contribution is 6.35. The summed E-state index contributed by atoms with van der Waals surface area (Å²) in [5.74, 6) is -5.11. The van der Waals surface area contributed by atoms with Crippen molar-refractivity contribution in [1.29, 1.82) is 0 Å². The SMILES string of the molecule is O=C(c1ccc(F)c(F)c1F)N1CCN(c2cc(Cl)ccc2Cl)CC1. The van der Waals surface area contributed by atoms with Gasteiger partial charge in [0.2, 0.25) is 0 Å². The highest BCUT2D eigenvalue weighted by atomic mass is 35.5. The molecule has 0 unspecified atom stereocenters. The zero-order valence-corrected chi connectivity index (χ0v) is 14.4. The molecular weight excluding hydrogens is 376 g/mol. The monoisotopic (exact) mass is 388 g/mol. The number of benzene rings is 2. The van der Waals surface area contributed by atoms with Crippen molar-refractivity contribution in [2.24, 2.45) is 0 Å². The summed E-state index contributed by atoms with van der Waals surface area (Å²) in [5.41, 5.74) is 0.272. The Morgan fingerprint density at radius 3 is 2.28 bits per heavy atom. The Hall–Kier alpha value is -1.92. The van der Waals surface area contributed by atoms with Crippen LogP contribution in [0.15, 0.2) is 30.3 Å². The maximum atomic E-state index is 13.8. The third kappa shape index (κ3) is 3.55. The molecule has 8 heteroatoms. The van der Waals surface area contributed by atoms with Gasteiger partial charge in [-0.2, -0.15) is 0 Å².